The van der Waals surface area contributed by atoms with Crippen LogP contribution in [0.15, 0.2) is 30.3 Å². The van der Waals surface area contributed by atoms with E-state index in [1.807, 2.05) is 30.3 Å². The zero-order chi connectivity index (χ0) is 16.3. The molecule has 0 unspecified atom stereocenters. The van der Waals surface area contributed by atoms with Crippen LogP contribution >= 0.6 is 0 Å². The molecule has 0 spiro atoms. The van der Waals surface area contributed by atoms with E-state index >= 15 is 0 Å². The minimum Gasteiger partial charge on any atom is -0.461 e. The topological polar surface area (TPSA) is 72.8 Å². The zero-order valence-electron chi connectivity index (χ0n) is 13.1. The number of carbonyl (C=O) groups is 2. The van der Waals surface area contributed by atoms with Gasteiger partial charge in [-0.25, -0.2) is 0 Å². The van der Waals surface area contributed by atoms with Crippen molar-refractivity contribution in [1.82, 2.24) is 0 Å². The van der Waals surface area contributed by atoms with Gasteiger partial charge in [-0.2, -0.15) is 0 Å². The molecule has 1 N–H and O–H groups in total. The molecule has 1 fully saturated rings. The summed E-state index contributed by atoms with van der Waals surface area (Å²) in [5.41, 5.74) is 0.268. The lowest BCUT2D eigenvalue weighted by atomic mass is 10.2. The number of benzene rings is 1. The predicted octanol–water partition coefficient (Wildman–Crippen LogP) is 1.93. The lowest BCUT2D eigenvalue weighted by molar-refractivity contribution is -0.159. The summed E-state index contributed by atoms with van der Waals surface area (Å²) in [7, 11) is 0. The Bertz CT molecular complexity index is 532. The van der Waals surface area contributed by atoms with Crippen LogP contribution in [0.3, 0.4) is 0 Å². The lowest BCUT2D eigenvalue weighted by Gasteiger charge is -2.19. The Kier molecular flexibility index (Phi) is 4.86. The van der Waals surface area contributed by atoms with Crippen LogP contribution < -0.4 is 0 Å². The maximum atomic E-state index is 12.1. The van der Waals surface area contributed by atoms with E-state index in [-0.39, 0.29) is 13.2 Å². The summed E-state index contributed by atoms with van der Waals surface area (Å²) in [6, 6.07) is 9.32. The van der Waals surface area contributed by atoms with Crippen molar-refractivity contribution in [1.29, 1.82) is 0 Å². The van der Waals surface area contributed by atoms with E-state index in [0.29, 0.717) is 0 Å². The maximum Gasteiger partial charge on any atom is 0.310 e. The highest BCUT2D eigenvalue weighted by molar-refractivity contribution is 5.88. The van der Waals surface area contributed by atoms with Gasteiger partial charge in [0.05, 0.1) is 11.8 Å². The fourth-order valence-corrected chi connectivity index (χ4v) is 2.44. The highest BCUT2D eigenvalue weighted by atomic mass is 16.6. The number of esters is 2. The van der Waals surface area contributed by atoms with Crippen LogP contribution in [0.5, 0.6) is 0 Å². The van der Waals surface area contributed by atoms with Crippen LogP contribution in [0, 0.1) is 17.8 Å². The molecule has 1 saturated carbocycles. The molecule has 1 aliphatic rings. The van der Waals surface area contributed by atoms with Crippen LogP contribution in [0.1, 0.15) is 26.3 Å². The average Bonchev–Trinajstić information content (AvgIpc) is 3.18. The van der Waals surface area contributed by atoms with Crippen molar-refractivity contribution in [3.8, 4) is 0 Å². The van der Waals surface area contributed by atoms with Crippen LogP contribution in [0.4, 0.5) is 0 Å². The van der Waals surface area contributed by atoms with E-state index in [4.69, 9.17) is 9.47 Å². The van der Waals surface area contributed by atoms with Gasteiger partial charge >= 0.3 is 11.9 Å². The van der Waals surface area contributed by atoms with Crippen molar-refractivity contribution >= 4 is 11.9 Å². The molecular formula is C17H22O5. The van der Waals surface area contributed by atoms with Gasteiger partial charge in [0, 0.05) is 12.5 Å². The van der Waals surface area contributed by atoms with Gasteiger partial charge in [0.25, 0.3) is 0 Å². The molecule has 5 nitrogen and oxygen atoms in total. The molecule has 0 radical (unpaired) electrons. The molecule has 0 amide bonds. The Labute approximate surface area is 130 Å². The Morgan fingerprint density at radius 2 is 1.68 bits per heavy atom. The van der Waals surface area contributed by atoms with Crippen LogP contribution in [0.2, 0.25) is 0 Å². The smallest absolute Gasteiger partial charge is 0.310 e. The fourth-order valence-electron chi connectivity index (χ4n) is 2.44. The second kappa shape index (κ2) is 6.48. The molecule has 0 saturated heterocycles. The van der Waals surface area contributed by atoms with Crippen LogP contribution in [0.25, 0.3) is 0 Å². The SMILES string of the molecule is CC(C)(C)OC(=O)[C@H]1[C@H](CO)[C@@H]1C(=O)OCc1ccccc1. The quantitative estimate of drug-likeness (QED) is 0.842. The Hall–Kier alpha value is -1.88. The Morgan fingerprint density at radius 3 is 2.23 bits per heavy atom. The predicted molar refractivity (Wildman–Crippen MR) is 79.6 cm³/mol. The number of hydrogen-bond donors (Lipinski definition) is 1. The van der Waals surface area contributed by atoms with Gasteiger partial charge in [-0.15, -0.1) is 0 Å². The Morgan fingerprint density at radius 1 is 1.09 bits per heavy atom. The second-order valence-corrected chi connectivity index (χ2v) is 6.52. The van der Waals surface area contributed by atoms with Crippen LogP contribution in [-0.4, -0.2) is 29.3 Å². The summed E-state index contributed by atoms with van der Waals surface area (Å²) in [6.07, 6.45) is 0. The highest BCUT2D eigenvalue weighted by Crippen LogP contribution is 2.48. The zero-order valence-corrected chi connectivity index (χ0v) is 13.1. The standard InChI is InChI=1S/C17H22O5/c1-17(2,3)22-16(20)14-12(9-18)13(14)15(19)21-10-11-7-5-4-6-8-11/h4-8,12-14,18H,9-10H2,1-3H3/t12-,13+,14+/m1/s1. The summed E-state index contributed by atoms with van der Waals surface area (Å²) in [5.74, 6) is -2.53. The molecule has 1 aromatic rings. The number of rotatable bonds is 5. The van der Waals surface area contributed by atoms with Crippen molar-refractivity contribution in [3.63, 3.8) is 0 Å². The van der Waals surface area contributed by atoms with Gasteiger partial charge < -0.3 is 14.6 Å². The third kappa shape index (κ3) is 4.07. The first-order valence-electron chi connectivity index (χ1n) is 7.38. The summed E-state index contributed by atoms with van der Waals surface area (Å²) >= 11 is 0. The summed E-state index contributed by atoms with van der Waals surface area (Å²) in [4.78, 5) is 24.1. The number of aliphatic hydroxyl groups is 1. The minimum absolute atomic E-state index is 0.162. The molecule has 2 rings (SSSR count). The van der Waals surface area contributed by atoms with Gasteiger partial charge in [0.2, 0.25) is 0 Å². The molecule has 3 atom stereocenters. The van der Waals surface area contributed by atoms with Gasteiger partial charge in [-0.05, 0) is 26.3 Å². The second-order valence-electron chi connectivity index (χ2n) is 6.52. The van der Waals surface area contributed by atoms with Gasteiger partial charge in [-0.3, -0.25) is 9.59 Å². The summed E-state index contributed by atoms with van der Waals surface area (Å²) < 4.78 is 10.5. The largest absolute Gasteiger partial charge is 0.461 e. The fraction of sp³-hybridized carbons (Fsp3) is 0.529. The molecule has 0 aromatic heterocycles. The molecule has 5 heteroatoms. The highest BCUT2D eigenvalue weighted by Gasteiger charge is 2.61. The van der Waals surface area contributed by atoms with Gasteiger partial charge in [0.1, 0.15) is 12.2 Å². The minimum atomic E-state index is -0.613. The first-order chi connectivity index (χ1) is 10.3. The molecule has 120 valence electrons. The first kappa shape index (κ1) is 16.5. The molecule has 0 bridgehead atoms. The summed E-state index contributed by atoms with van der Waals surface area (Å²) in [5, 5.41) is 9.31. The molecule has 1 aliphatic carbocycles. The van der Waals surface area contributed by atoms with Gasteiger partial charge in [-0.1, -0.05) is 30.3 Å². The number of carbonyl (C=O) groups excluding carboxylic acids is 2. The molecule has 22 heavy (non-hydrogen) atoms. The van der Waals surface area contributed by atoms with E-state index in [0.717, 1.165) is 5.56 Å². The summed E-state index contributed by atoms with van der Waals surface area (Å²) in [6.45, 7) is 5.24. The number of ether oxygens (including phenoxy) is 2. The number of aliphatic hydroxyl groups excluding tert-OH is 1. The molecule has 0 heterocycles. The molecule has 0 aliphatic heterocycles. The van der Waals surface area contributed by atoms with E-state index in [9.17, 15) is 14.7 Å². The van der Waals surface area contributed by atoms with Gasteiger partial charge in [0.15, 0.2) is 0 Å². The van der Waals surface area contributed by atoms with Crippen molar-refractivity contribution < 1.29 is 24.2 Å². The number of hydrogen-bond acceptors (Lipinski definition) is 5. The van der Waals surface area contributed by atoms with Crippen molar-refractivity contribution in [2.75, 3.05) is 6.61 Å². The van der Waals surface area contributed by atoms with Crippen LogP contribution in [-0.2, 0) is 25.7 Å². The van der Waals surface area contributed by atoms with E-state index in [1.165, 1.54) is 0 Å². The van der Waals surface area contributed by atoms with Crippen molar-refractivity contribution in [3.05, 3.63) is 35.9 Å². The lowest BCUT2D eigenvalue weighted by Crippen LogP contribution is -2.26. The Balaban J connectivity index is 1.91. The maximum absolute atomic E-state index is 12.1. The first-order valence-corrected chi connectivity index (χ1v) is 7.38. The van der Waals surface area contributed by atoms with E-state index in [2.05, 4.69) is 0 Å². The van der Waals surface area contributed by atoms with E-state index < -0.39 is 35.3 Å². The molecule has 1 aromatic carbocycles. The third-order valence-corrected chi connectivity index (χ3v) is 3.55. The van der Waals surface area contributed by atoms with Crippen molar-refractivity contribution in [2.24, 2.45) is 17.8 Å². The van der Waals surface area contributed by atoms with Crippen molar-refractivity contribution in [2.45, 2.75) is 33.0 Å². The normalized spacial score (nSPS) is 23.7. The average molecular weight is 306 g/mol. The van der Waals surface area contributed by atoms with E-state index in [1.54, 1.807) is 20.8 Å². The molecular weight excluding hydrogens is 284 g/mol. The third-order valence-electron chi connectivity index (χ3n) is 3.55. The monoisotopic (exact) mass is 306 g/mol.